The monoisotopic (exact) mass is 300 g/mol. The van der Waals surface area contributed by atoms with Gasteiger partial charge in [-0.1, -0.05) is 28.1 Å². The summed E-state index contributed by atoms with van der Waals surface area (Å²) in [4.78, 5) is 10.6. The fourth-order valence-corrected chi connectivity index (χ4v) is 2.25. The van der Waals surface area contributed by atoms with E-state index in [-0.39, 0.29) is 6.42 Å². The van der Waals surface area contributed by atoms with E-state index in [0.717, 1.165) is 10.0 Å². The van der Waals surface area contributed by atoms with Crippen LogP contribution >= 0.6 is 15.9 Å². The van der Waals surface area contributed by atoms with E-state index >= 15 is 0 Å². The van der Waals surface area contributed by atoms with Gasteiger partial charge in [0.05, 0.1) is 19.1 Å². The van der Waals surface area contributed by atoms with Crippen molar-refractivity contribution in [1.29, 1.82) is 0 Å². The number of hydrogen-bond donors (Lipinski definition) is 1. The van der Waals surface area contributed by atoms with Gasteiger partial charge < -0.3 is 14.6 Å². The van der Waals surface area contributed by atoms with Crippen molar-refractivity contribution in [3.8, 4) is 0 Å². The average molecular weight is 301 g/mol. The van der Waals surface area contributed by atoms with Gasteiger partial charge in [-0.05, 0) is 19.1 Å². The van der Waals surface area contributed by atoms with Gasteiger partial charge in [0.1, 0.15) is 0 Å². The van der Waals surface area contributed by atoms with E-state index in [4.69, 9.17) is 14.6 Å². The third-order valence-corrected chi connectivity index (χ3v) is 3.18. The molecule has 1 N–H and O–H groups in total. The van der Waals surface area contributed by atoms with Gasteiger partial charge in [0.25, 0.3) is 0 Å². The predicted octanol–water partition coefficient (Wildman–Crippen LogP) is 2.51. The Hall–Kier alpha value is -0.910. The van der Waals surface area contributed by atoms with Crippen LogP contribution in [0, 0.1) is 0 Å². The van der Waals surface area contributed by atoms with Crippen LogP contribution < -0.4 is 0 Å². The van der Waals surface area contributed by atoms with Gasteiger partial charge in [-0.3, -0.25) is 4.79 Å². The molecule has 0 aliphatic carbocycles. The van der Waals surface area contributed by atoms with Gasteiger partial charge in [0.2, 0.25) is 0 Å². The Morgan fingerprint density at radius 2 is 2.41 bits per heavy atom. The molecule has 0 radical (unpaired) electrons. The fraction of sp³-hybridized carbons (Fsp3) is 0.417. The number of benzene rings is 1. The molecule has 0 aromatic heterocycles. The maximum absolute atomic E-state index is 10.6. The first-order valence-electron chi connectivity index (χ1n) is 5.29. The molecule has 17 heavy (non-hydrogen) atoms. The van der Waals surface area contributed by atoms with Crippen LogP contribution in [0.1, 0.15) is 18.9 Å². The fourth-order valence-electron chi connectivity index (χ4n) is 1.86. The number of halogens is 1. The van der Waals surface area contributed by atoms with Crippen molar-refractivity contribution in [2.24, 2.45) is 0 Å². The number of aliphatic carboxylic acids is 1. The van der Waals surface area contributed by atoms with Crippen LogP contribution in [0.4, 0.5) is 0 Å². The largest absolute Gasteiger partial charge is 0.481 e. The summed E-state index contributed by atoms with van der Waals surface area (Å²) in [6.45, 7) is 2.10. The molecule has 1 aromatic carbocycles. The normalized spacial score (nSPS) is 28.2. The van der Waals surface area contributed by atoms with E-state index < -0.39 is 17.9 Å². The van der Waals surface area contributed by atoms with Crippen LogP contribution in [0.2, 0.25) is 0 Å². The Labute approximate surface area is 108 Å². The maximum atomic E-state index is 10.6. The van der Waals surface area contributed by atoms with Crippen molar-refractivity contribution in [2.45, 2.75) is 25.2 Å². The zero-order valence-corrected chi connectivity index (χ0v) is 10.9. The number of ether oxygens (including phenoxy) is 2. The third-order valence-electron chi connectivity index (χ3n) is 2.69. The van der Waals surface area contributed by atoms with Crippen LogP contribution in [0.15, 0.2) is 28.7 Å². The van der Waals surface area contributed by atoms with Crippen molar-refractivity contribution < 1.29 is 19.4 Å². The summed E-state index contributed by atoms with van der Waals surface area (Å²) in [7, 11) is 0. The average Bonchev–Trinajstić information content (AvgIpc) is 2.60. The van der Waals surface area contributed by atoms with Gasteiger partial charge in [0.15, 0.2) is 5.79 Å². The topological polar surface area (TPSA) is 55.8 Å². The first-order valence-corrected chi connectivity index (χ1v) is 6.08. The van der Waals surface area contributed by atoms with Crippen LogP contribution in [-0.2, 0) is 20.1 Å². The summed E-state index contributed by atoms with van der Waals surface area (Å²) in [5.41, 5.74) is 0.875. The van der Waals surface area contributed by atoms with Gasteiger partial charge in [0, 0.05) is 10.0 Å². The minimum Gasteiger partial charge on any atom is -0.481 e. The van der Waals surface area contributed by atoms with Gasteiger partial charge >= 0.3 is 5.97 Å². The summed E-state index contributed by atoms with van der Waals surface area (Å²) in [6.07, 6.45) is -0.430. The molecular formula is C12H13BrO4. The highest BCUT2D eigenvalue weighted by Gasteiger charge is 2.39. The highest BCUT2D eigenvalue weighted by molar-refractivity contribution is 9.10. The Bertz CT molecular complexity index is 434. The molecule has 1 fully saturated rings. The third kappa shape index (κ3) is 2.86. The molecule has 1 aliphatic rings. The lowest BCUT2D eigenvalue weighted by Crippen LogP contribution is -2.24. The molecule has 1 aliphatic heterocycles. The van der Waals surface area contributed by atoms with E-state index in [9.17, 15) is 4.79 Å². The Balaban J connectivity index is 2.14. The lowest BCUT2D eigenvalue weighted by molar-refractivity contribution is -0.166. The van der Waals surface area contributed by atoms with Crippen LogP contribution in [-0.4, -0.2) is 23.8 Å². The molecule has 0 bridgehead atoms. The van der Waals surface area contributed by atoms with E-state index in [1.807, 2.05) is 24.3 Å². The van der Waals surface area contributed by atoms with E-state index in [0.29, 0.717) is 6.61 Å². The van der Waals surface area contributed by atoms with E-state index in [2.05, 4.69) is 15.9 Å². The zero-order chi connectivity index (χ0) is 12.5. The van der Waals surface area contributed by atoms with E-state index in [1.54, 1.807) is 6.92 Å². The molecule has 0 amide bonds. The van der Waals surface area contributed by atoms with Crippen LogP contribution in [0.3, 0.4) is 0 Å². The summed E-state index contributed by atoms with van der Waals surface area (Å²) >= 11 is 3.38. The number of hydrogen-bond acceptors (Lipinski definition) is 3. The number of carbonyl (C=O) groups is 1. The van der Waals surface area contributed by atoms with E-state index in [1.165, 1.54) is 0 Å². The predicted molar refractivity (Wildman–Crippen MR) is 64.6 cm³/mol. The summed E-state index contributed by atoms with van der Waals surface area (Å²) < 4.78 is 12.2. The maximum Gasteiger partial charge on any atom is 0.306 e. The first-order chi connectivity index (χ1) is 7.99. The Morgan fingerprint density at radius 3 is 3.06 bits per heavy atom. The van der Waals surface area contributed by atoms with Crippen molar-refractivity contribution in [1.82, 2.24) is 0 Å². The Morgan fingerprint density at radius 1 is 1.65 bits per heavy atom. The molecule has 2 unspecified atom stereocenters. The minimum absolute atomic E-state index is 0.0381. The molecule has 0 saturated carbocycles. The van der Waals surface area contributed by atoms with Crippen molar-refractivity contribution in [2.75, 3.05) is 6.61 Å². The second-order valence-electron chi connectivity index (χ2n) is 4.10. The van der Waals surface area contributed by atoms with Crippen molar-refractivity contribution >= 4 is 21.9 Å². The quantitative estimate of drug-likeness (QED) is 0.932. The number of rotatable bonds is 3. The zero-order valence-electron chi connectivity index (χ0n) is 9.35. The smallest absolute Gasteiger partial charge is 0.306 e. The molecule has 92 valence electrons. The summed E-state index contributed by atoms with van der Waals surface area (Å²) in [6, 6.07) is 7.61. The molecule has 1 saturated heterocycles. The highest BCUT2D eigenvalue weighted by Crippen LogP contribution is 2.35. The van der Waals surface area contributed by atoms with Gasteiger partial charge in [-0.2, -0.15) is 0 Å². The molecule has 1 heterocycles. The second kappa shape index (κ2) is 4.76. The highest BCUT2D eigenvalue weighted by atomic mass is 79.9. The number of carboxylic acid groups (broad SMARTS) is 1. The summed E-state index contributed by atoms with van der Waals surface area (Å²) in [5, 5.41) is 8.72. The van der Waals surface area contributed by atoms with Crippen LogP contribution in [0.5, 0.6) is 0 Å². The molecule has 4 nitrogen and oxygen atoms in total. The molecule has 2 atom stereocenters. The molecule has 1 aromatic rings. The number of carboxylic acids is 1. The summed E-state index contributed by atoms with van der Waals surface area (Å²) in [5.74, 6) is -1.73. The van der Waals surface area contributed by atoms with Gasteiger partial charge in [-0.25, -0.2) is 0 Å². The van der Waals surface area contributed by atoms with Crippen molar-refractivity contribution in [3.63, 3.8) is 0 Å². The second-order valence-corrected chi connectivity index (χ2v) is 5.02. The molecule has 5 heteroatoms. The van der Waals surface area contributed by atoms with Crippen molar-refractivity contribution in [3.05, 3.63) is 34.3 Å². The lowest BCUT2D eigenvalue weighted by Gasteiger charge is -2.23. The van der Waals surface area contributed by atoms with Crippen LogP contribution in [0.25, 0.3) is 0 Å². The minimum atomic E-state index is -0.878. The molecule has 2 rings (SSSR count). The Kier molecular flexibility index (Phi) is 3.51. The standard InChI is InChI=1S/C12H13BrO4/c1-12(8-3-2-4-9(13)5-8)16-7-10(17-12)6-11(14)15/h2-5,10H,6-7H2,1H3,(H,14,15). The molecular weight excluding hydrogens is 288 g/mol. The lowest BCUT2D eigenvalue weighted by atomic mass is 10.1. The molecule has 0 spiro atoms. The SMILES string of the molecule is CC1(c2cccc(Br)c2)OCC(CC(=O)O)O1. The van der Waals surface area contributed by atoms with Gasteiger partial charge in [-0.15, -0.1) is 0 Å². The first kappa shape index (κ1) is 12.5.